The van der Waals surface area contributed by atoms with Crippen molar-refractivity contribution >= 4 is 17.9 Å². The van der Waals surface area contributed by atoms with Crippen LogP contribution < -0.4 is 0 Å². The Morgan fingerprint density at radius 2 is 0.679 bits per heavy atom. The van der Waals surface area contributed by atoms with Crippen molar-refractivity contribution in [3.05, 3.63) is 109 Å². The van der Waals surface area contributed by atoms with Crippen LogP contribution >= 0.6 is 0 Å². The topological polar surface area (TPSA) is 108 Å². The SMILES string of the molecule is CC/C=C\C/C=C\C/C=C\C/C=C\C/C=C\C/C=C\C/C=C\C/C=C\C/C=C\CCCCCCCCCCCC(=O)OC(COC(=O)CCCCCCCCCCCCCCCCCCCCCCCC)COC(OCC[N+](C)(C)C)C(=O)O. The summed E-state index contributed by atoms with van der Waals surface area (Å²) in [7, 11) is 5.97. The summed E-state index contributed by atoms with van der Waals surface area (Å²) in [4.78, 5) is 37.6. The number of hydrogen-bond donors (Lipinski definition) is 1. The van der Waals surface area contributed by atoms with E-state index in [1.54, 1.807) is 0 Å². The molecule has 9 heteroatoms. The van der Waals surface area contributed by atoms with Crippen molar-refractivity contribution in [2.45, 2.75) is 302 Å². The Hall–Kier alpha value is -4.05. The first kappa shape index (κ1) is 80.0. The molecule has 0 aliphatic rings. The van der Waals surface area contributed by atoms with Gasteiger partial charge in [0.05, 0.1) is 34.4 Å². The molecule has 0 radical (unpaired) electrons. The fraction of sp³-hybridized carbons (Fsp3) is 0.720. The lowest BCUT2D eigenvalue weighted by Gasteiger charge is -2.25. The average Bonchev–Trinajstić information content (AvgIpc) is 3.55. The summed E-state index contributed by atoms with van der Waals surface area (Å²) in [6.45, 7) is 4.78. The van der Waals surface area contributed by atoms with Gasteiger partial charge < -0.3 is 28.5 Å². The normalized spacial score (nSPS) is 13.4. The summed E-state index contributed by atoms with van der Waals surface area (Å²) in [5.74, 6) is -2.01. The number of carbonyl (C=O) groups is 3. The molecular formula is C75H130NO8+. The maximum absolute atomic E-state index is 12.9. The van der Waals surface area contributed by atoms with E-state index in [0.717, 1.165) is 103 Å². The number of unbranched alkanes of at least 4 members (excludes halogenated alkanes) is 30. The van der Waals surface area contributed by atoms with Crippen LogP contribution in [0.1, 0.15) is 290 Å². The van der Waals surface area contributed by atoms with Crippen molar-refractivity contribution in [2.24, 2.45) is 0 Å². The number of ether oxygens (including phenoxy) is 4. The summed E-state index contributed by atoms with van der Waals surface area (Å²) in [5, 5.41) is 9.74. The van der Waals surface area contributed by atoms with E-state index in [1.807, 2.05) is 21.1 Å². The number of esters is 2. The van der Waals surface area contributed by atoms with Crippen molar-refractivity contribution in [1.82, 2.24) is 0 Å². The Balaban J connectivity index is 4.16. The molecule has 0 aliphatic carbocycles. The molecule has 0 aromatic rings. The maximum Gasteiger partial charge on any atom is 0.361 e. The lowest BCUT2D eigenvalue weighted by atomic mass is 10.0. The van der Waals surface area contributed by atoms with Crippen molar-refractivity contribution in [2.75, 3.05) is 47.5 Å². The summed E-state index contributed by atoms with van der Waals surface area (Å²) >= 11 is 0. The number of carbonyl (C=O) groups excluding carboxylic acids is 2. The van der Waals surface area contributed by atoms with Gasteiger partial charge in [-0.2, -0.15) is 0 Å². The van der Waals surface area contributed by atoms with E-state index in [1.165, 1.54) is 154 Å². The Morgan fingerprint density at radius 3 is 1.01 bits per heavy atom. The molecule has 0 saturated heterocycles. The van der Waals surface area contributed by atoms with Gasteiger partial charge in [0.15, 0.2) is 6.10 Å². The van der Waals surface area contributed by atoms with Gasteiger partial charge in [0.2, 0.25) is 0 Å². The smallest absolute Gasteiger partial charge is 0.361 e. The Bertz CT molecular complexity index is 1750. The monoisotopic (exact) mass is 1170 g/mol. The predicted octanol–water partition coefficient (Wildman–Crippen LogP) is 21.4. The van der Waals surface area contributed by atoms with Gasteiger partial charge in [-0.05, 0) is 83.5 Å². The highest BCUT2D eigenvalue weighted by Gasteiger charge is 2.25. The first-order chi connectivity index (χ1) is 41.1. The molecule has 0 saturated carbocycles. The second kappa shape index (κ2) is 64.9. The number of carboxylic acids is 1. The minimum atomic E-state index is -1.52. The highest BCUT2D eigenvalue weighted by molar-refractivity contribution is 5.71. The van der Waals surface area contributed by atoms with Crippen LogP contribution in [0.25, 0.3) is 0 Å². The maximum atomic E-state index is 12.9. The number of rotatable bonds is 63. The molecule has 0 amide bonds. The number of carboxylic acid groups (broad SMARTS) is 1. The Kier molecular flexibility index (Phi) is 61.8. The van der Waals surface area contributed by atoms with Crippen molar-refractivity contribution in [1.29, 1.82) is 0 Å². The van der Waals surface area contributed by atoms with Crippen LogP contribution in [0.2, 0.25) is 0 Å². The van der Waals surface area contributed by atoms with Gasteiger partial charge in [0.1, 0.15) is 13.2 Å². The molecule has 2 unspecified atom stereocenters. The second-order valence-corrected chi connectivity index (χ2v) is 24.1. The third-order valence-corrected chi connectivity index (χ3v) is 14.8. The number of likely N-dealkylation sites (N-methyl/N-ethyl adjacent to an activating group) is 1. The molecule has 84 heavy (non-hydrogen) atoms. The number of hydrogen-bond acceptors (Lipinski definition) is 7. The zero-order valence-electron chi connectivity index (χ0n) is 55.0. The number of allylic oxidation sites excluding steroid dienone is 18. The van der Waals surface area contributed by atoms with Crippen molar-refractivity contribution < 1.29 is 42.9 Å². The van der Waals surface area contributed by atoms with E-state index >= 15 is 0 Å². The fourth-order valence-electron chi connectivity index (χ4n) is 9.54. The molecule has 0 aromatic heterocycles. The molecule has 482 valence electrons. The van der Waals surface area contributed by atoms with Crippen molar-refractivity contribution in [3.63, 3.8) is 0 Å². The fourth-order valence-corrected chi connectivity index (χ4v) is 9.54. The van der Waals surface area contributed by atoms with Gasteiger partial charge >= 0.3 is 17.9 Å². The second-order valence-electron chi connectivity index (χ2n) is 24.1. The molecule has 0 spiro atoms. The van der Waals surface area contributed by atoms with Crippen LogP contribution in [0.4, 0.5) is 0 Å². The minimum absolute atomic E-state index is 0.183. The van der Waals surface area contributed by atoms with E-state index in [9.17, 15) is 19.5 Å². The van der Waals surface area contributed by atoms with Crippen LogP contribution in [0.15, 0.2) is 109 Å². The highest BCUT2D eigenvalue weighted by atomic mass is 16.7. The largest absolute Gasteiger partial charge is 0.477 e. The Morgan fingerprint density at radius 1 is 0.369 bits per heavy atom. The first-order valence-corrected chi connectivity index (χ1v) is 34.6. The molecule has 9 nitrogen and oxygen atoms in total. The van der Waals surface area contributed by atoms with E-state index < -0.39 is 24.3 Å². The lowest BCUT2D eigenvalue weighted by Crippen LogP contribution is -2.40. The van der Waals surface area contributed by atoms with Gasteiger partial charge in [-0.1, -0.05) is 303 Å². The van der Waals surface area contributed by atoms with Gasteiger partial charge in [0.25, 0.3) is 6.29 Å². The minimum Gasteiger partial charge on any atom is -0.477 e. The van der Waals surface area contributed by atoms with Crippen molar-refractivity contribution in [3.8, 4) is 0 Å². The van der Waals surface area contributed by atoms with Crippen LogP contribution in [0.5, 0.6) is 0 Å². The summed E-state index contributed by atoms with van der Waals surface area (Å²) in [6.07, 6.45) is 87.6. The van der Waals surface area contributed by atoms with Gasteiger partial charge in [-0.25, -0.2) is 4.79 Å². The van der Waals surface area contributed by atoms with Gasteiger partial charge in [-0.3, -0.25) is 9.59 Å². The molecule has 0 aliphatic heterocycles. The molecule has 0 aromatic carbocycles. The summed E-state index contributed by atoms with van der Waals surface area (Å²) < 4.78 is 23.0. The van der Waals surface area contributed by atoms with Crippen LogP contribution in [-0.2, 0) is 33.3 Å². The third-order valence-electron chi connectivity index (χ3n) is 14.8. The zero-order chi connectivity index (χ0) is 61.2. The van der Waals surface area contributed by atoms with Gasteiger partial charge in [0, 0.05) is 12.8 Å². The molecular weight excluding hydrogens is 1040 g/mol. The third kappa shape index (κ3) is 65.5. The van der Waals surface area contributed by atoms with Crippen LogP contribution in [-0.4, -0.2) is 87.4 Å². The van der Waals surface area contributed by atoms with E-state index in [2.05, 4.69) is 123 Å². The number of aliphatic carboxylic acids is 1. The van der Waals surface area contributed by atoms with Gasteiger partial charge in [-0.15, -0.1) is 0 Å². The summed E-state index contributed by atoms with van der Waals surface area (Å²) in [6, 6.07) is 0. The lowest BCUT2D eigenvalue weighted by molar-refractivity contribution is -0.870. The molecule has 2 atom stereocenters. The number of nitrogens with zero attached hydrogens (tertiary/aromatic N) is 1. The molecule has 0 heterocycles. The molecule has 0 rings (SSSR count). The molecule has 1 N–H and O–H groups in total. The average molecular weight is 1170 g/mol. The van der Waals surface area contributed by atoms with E-state index in [-0.39, 0.29) is 32.2 Å². The molecule has 0 bridgehead atoms. The Labute approximate surface area is 517 Å². The van der Waals surface area contributed by atoms with E-state index in [0.29, 0.717) is 23.9 Å². The first-order valence-electron chi connectivity index (χ1n) is 34.6. The number of quaternary nitrogens is 1. The van der Waals surface area contributed by atoms with Crippen LogP contribution in [0.3, 0.4) is 0 Å². The summed E-state index contributed by atoms with van der Waals surface area (Å²) in [5.41, 5.74) is 0. The quantitative estimate of drug-likeness (QED) is 0.0211. The standard InChI is InChI=1S/C75H129NO8/c1-6-8-10-12-14-16-18-20-22-24-26-28-30-31-32-33-34-35-36-37-38-39-40-41-42-43-44-46-48-50-52-54-56-58-60-62-64-66-73(78)84-71(70-83-75(74(79)80)81-68-67-76(3,4)5)69-82-72(77)65-63-61-59-57-55-53-51-49-47-45-29-27-25-23-21-19-17-15-13-11-9-7-2/h8,10,14,16,20,22,26,28,31-32,34-35,37-38,40-41,43-44,71,75H,6-7,9,11-13,15,17-19,21,23-25,27,29-30,33,36,39,42,45-70H2,1-5H3/p+1/b10-8-,16-14-,22-20-,28-26-,32-31-,35-34-,38-37-,41-40-,44-43-. The highest BCUT2D eigenvalue weighted by Crippen LogP contribution is 2.17. The predicted molar refractivity (Wildman–Crippen MR) is 359 cm³/mol. The van der Waals surface area contributed by atoms with Crippen LogP contribution in [0, 0.1) is 0 Å². The van der Waals surface area contributed by atoms with E-state index in [4.69, 9.17) is 18.9 Å². The zero-order valence-corrected chi connectivity index (χ0v) is 55.0. The molecule has 0 fully saturated rings.